The lowest BCUT2D eigenvalue weighted by molar-refractivity contribution is 0.412. The molecule has 1 unspecified atom stereocenters. The lowest BCUT2D eigenvalue weighted by atomic mass is 9.81. The van der Waals surface area contributed by atoms with E-state index in [2.05, 4.69) is 40.4 Å². The number of aryl methyl sites for hydroxylation is 1. The summed E-state index contributed by atoms with van der Waals surface area (Å²) >= 11 is 0. The van der Waals surface area contributed by atoms with E-state index in [1.165, 1.54) is 42.5 Å². The number of fused-ring (bicyclic) bond motifs is 1. The molecule has 3 nitrogen and oxygen atoms in total. The minimum absolute atomic E-state index is 0.460. The molecule has 0 spiro atoms. The van der Waals surface area contributed by atoms with Crippen molar-refractivity contribution in [3.05, 3.63) is 47.2 Å². The van der Waals surface area contributed by atoms with E-state index < -0.39 is 0 Å². The monoisotopic (exact) mass is 268 g/mol. The highest BCUT2D eigenvalue weighted by molar-refractivity contribution is 5.53. The number of hydrogen-bond donors (Lipinski definition) is 0. The van der Waals surface area contributed by atoms with Crippen LogP contribution in [0.5, 0.6) is 0 Å². The Kier molecular flexibility index (Phi) is 2.98. The first-order valence-electron chi connectivity index (χ1n) is 7.72. The summed E-state index contributed by atoms with van der Waals surface area (Å²) in [5.41, 5.74) is 3.95. The van der Waals surface area contributed by atoms with Gasteiger partial charge >= 0.3 is 0 Å². The molecule has 1 saturated heterocycles. The summed E-state index contributed by atoms with van der Waals surface area (Å²) in [6.07, 6.45) is 6.02. The van der Waals surface area contributed by atoms with Crippen molar-refractivity contribution < 1.29 is 4.52 Å². The van der Waals surface area contributed by atoms with Gasteiger partial charge in [-0.05, 0) is 37.7 Å². The summed E-state index contributed by atoms with van der Waals surface area (Å²) in [6, 6.07) is 10.8. The lowest BCUT2D eigenvalue weighted by Gasteiger charge is -2.25. The van der Waals surface area contributed by atoms with E-state index in [1.54, 1.807) is 0 Å². The average molecular weight is 268 g/mol. The molecule has 4 rings (SSSR count). The van der Waals surface area contributed by atoms with Crippen LogP contribution in [0.2, 0.25) is 0 Å². The molecule has 20 heavy (non-hydrogen) atoms. The fourth-order valence-electron chi connectivity index (χ4n) is 3.64. The summed E-state index contributed by atoms with van der Waals surface area (Å²) in [6.45, 7) is 2.23. The van der Waals surface area contributed by atoms with E-state index in [-0.39, 0.29) is 0 Å². The Balaban J connectivity index is 1.77. The van der Waals surface area contributed by atoms with Crippen molar-refractivity contribution in [3.8, 4) is 0 Å². The summed E-state index contributed by atoms with van der Waals surface area (Å²) in [4.78, 5) is 2.38. The number of hydrogen-bond acceptors (Lipinski definition) is 3. The van der Waals surface area contributed by atoms with Crippen molar-refractivity contribution in [3.63, 3.8) is 0 Å². The molecule has 1 fully saturated rings. The Hall–Kier alpha value is -1.77. The van der Waals surface area contributed by atoms with Crippen LogP contribution in [0.4, 0.5) is 5.88 Å². The minimum Gasteiger partial charge on any atom is -0.340 e. The second-order valence-corrected chi connectivity index (χ2v) is 5.90. The molecule has 1 atom stereocenters. The van der Waals surface area contributed by atoms with E-state index in [1.807, 2.05) is 0 Å². The zero-order valence-electron chi connectivity index (χ0n) is 11.7. The maximum absolute atomic E-state index is 5.73. The van der Waals surface area contributed by atoms with Crippen molar-refractivity contribution in [2.45, 2.75) is 38.0 Å². The maximum atomic E-state index is 5.73. The van der Waals surface area contributed by atoms with Gasteiger partial charge in [0.05, 0.1) is 5.69 Å². The molecule has 0 amide bonds. The minimum atomic E-state index is 0.460. The molecule has 104 valence electrons. The molecule has 0 bridgehead atoms. The molecule has 1 aliphatic heterocycles. The third-order valence-electron chi connectivity index (χ3n) is 4.63. The maximum Gasteiger partial charge on any atom is 0.231 e. The molecule has 2 aromatic rings. The van der Waals surface area contributed by atoms with Crippen LogP contribution in [0.25, 0.3) is 0 Å². The molecule has 1 aliphatic carbocycles. The zero-order chi connectivity index (χ0) is 13.4. The molecular formula is C17H20N2O. The van der Waals surface area contributed by atoms with Crippen LogP contribution >= 0.6 is 0 Å². The molecular weight excluding hydrogens is 248 g/mol. The van der Waals surface area contributed by atoms with E-state index in [0.29, 0.717) is 5.92 Å². The van der Waals surface area contributed by atoms with Crippen LogP contribution in [-0.2, 0) is 6.42 Å². The molecule has 2 heterocycles. The highest BCUT2D eigenvalue weighted by Crippen LogP contribution is 2.42. The Morgan fingerprint density at radius 1 is 1.05 bits per heavy atom. The predicted molar refractivity (Wildman–Crippen MR) is 79.2 cm³/mol. The van der Waals surface area contributed by atoms with Gasteiger partial charge in [0.15, 0.2) is 0 Å². The molecule has 0 N–H and O–H groups in total. The average Bonchev–Trinajstić information content (AvgIpc) is 3.16. The van der Waals surface area contributed by atoms with Gasteiger partial charge in [0.1, 0.15) is 0 Å². The fourth-order valence-corrected chi connectivity index (χ4v) is 3.64. The molecule has 2 aliphatic rings. The van der Waals surface area contributed by atoms with Crippen LogP contribution in [0.1, 0.15) is 48.4 Å². The van der Waals surface area contributed by atoms with Crippen molar-refractivity contribution in [2.24, 2.45) is 0 Å². The van der Waals surface area contributed by atoms with Crippen molar-refractivity contribution in [1.82, 2.24) is 5.16 Å². The van der Waals surface area contributed by atoms with Crippen LogP contribution in [0.3, 0.4) is 0 Å². The van der Waals surface area contributed by atoms with Gasteiger partial charge in [-0.1, -0.05) is 35.5 Å². The van der Waals surface area contributed by atoms with Crippen LogP contribution < -0.4 is 4.90 Å². The van der Waals surface area contributed by atoms with Crippen LogP contribution in [-0.4, -0.2) is 18.2 Å². The molecule has 1 aromatic heterocycles. The highest BCUT2D eigenvalue weighted by atomic mass is 16.5. The van der Waals surface area contributed by atoms with Gasteiger partial charge < -0.3 is 9.42 Å². The Morgan fingerprint density at radius 2 is 1.85 bits per heavy atom. The van der Waals surface area contributed by atoms with Gasteiger partial charge in [-0.3, -0.25) is 0 Å². The SMILES string of the molecule is c1ccc(C2CCCc3noc(N4CCCC4)c32)cc1. The van der Waals surface area contributed by atoms with E-state index in [9.17, 15) is 0 Å². The second kappa shape index (κ2) is 4.97. The number of nitrogens with zero attached hydrogens (tertiary/aromatic N) is 2. The number of aromatic nitrogens is 1. The fraction of sp³-hybridized carbons (Fsp3) is 0.471. The van der Waals surface area contributed by atoms with Gasteiger partial charge in [0.2, 0.25) is 5.88 Å². The van der Waals surface area contributed by atoms with Gasteiger partial charge in [-0.15, -0.1) is 0 Å². The van der Waals surface area contributed by atoms with Crippen LogP contribution in [0, 0.1) is 0 Å². The molecule has 3 heteroatoms. The Labute approximate surface area is 119 Å². The summed E-state index contributed by atoms with van der Waals surface area (Å²) < 4.78 is 5.73. The largest absolute Gasteiger partial charge is 0.340 e. The number of benzene rings is 1. The van der Waals surface area contributed by atoms with Gasteiger partial charge in [0.25, 0.3) is 0 Å². The topological polar surface area (TPSA) is 29.3 Å². The quantitative estimate of drug-likeness (QED) is 0.831. The van der Waals surface area contributed by atoms with Gasteiger partial charge in [-0.2, -0.15) is 0 Å². The number of anilines is 1. The Bertz CT molecular complexity index is 584. The molecule has 0 saturated carbocycles. The first kappa shape index (κ1) is 12.0. The third kappa shape index (κ3) is 1.92. The van der Waals surface area contributed by atoms with E-state index in [0.717, 1.165) is 25.4 Å². The summed E-state index contributed by atoms with van der Waals surface area (Å²) in [5, 5.41) is 4.36. The molecule has 0 radical (unpaired) electrons. The first-order valence-corrected chi connectivity index (χ1v) is 7.72. The van der Waals surface area contributed by atoms with Crippen molar-refractivity contribution in [1.29, 1.82) is 0 Å². The highest BCUT2D eigenvalue weighted by Gasteiger charge is 2.32. The standard InChI is InChI=1S/C17H20N2O/c1-2-7-13(8-3-1)14-9-6-10-15-16(14)17(20-18-15)19-11-4-5-12-19/h1-3,7-8,14H,4-6,9-12H2. The van der Waals surface area contributed by atoms with Gasteiger partial charge in [0, 0.05) is 24.6 Å². The van der Waals surface area contributed by atoms with Gasteiger partial charge in [-0.25, -0.2) is 0 Å². The predicted octanol–water partition coefficient (Wildman–Crippen LogP) is 3.74. The third-order valence-corrected chi connectivity index (χ3v) is 4.63. The van der Waals surface area contributed by atoms with Crippen molar-refractivity contribution in [2.75, 3.05) is 18.0 Å². The number of rotatable bonds is 2. The summed E-state index contributed by atoms with van der Waals surface area (Å²) in [7, 11) is 0. The molecule has 1 aromatic carbocycles. The van der Waals surface area contributed by atoms with E-state index >= 15 is 0 Å². The second-order valence-electron chi connectivity index (χ2n) is 5.90. The zero-order valence-corrected chi connectivity index (χ0v) is 11.7. The smallest absolute Gasteiger partial charge is 0.231 e. The lowest BCUT2D eigenvalue weighted by Crippen LogP contribution is -2.21. The van der Waals surface area contributed by atoms with Crippen LogP contribution in [0.15, 0.2) is 34.9 Å². The first-order chi connectivity index (χ1) is 9.93. The summed E-state index contributed by atoms with van der Waals surface area (Å²) in [5.74, 6) is 1.51. The van der Waals surface area contributed by atoms with Crippen molar-refractivity contribution >= 4 is 5.88 Å². The van der Waals surface area contributed by atoms with E-state index in [4.69, 9.17) is 4.52 Å². The Morgan fingerprint density at radius 3 is 2.65 bits per heavy atom. The normalized spacial score (nSPS) is 22.0.